The molecule has 29 heavy (non-hydrogen) atoms. The van der Waals surface area contributed by atoms with Gasteiger partial charge in [-0.15, -0.1) is 0 Å². The molecule has 0 fully saturated rings. The first-order valence-corrected chi connectivity index (χ1v) is 9.69. The van der Waals surface area contributed by atoms with Crippen molar-refractivity contribution in [3.8, 4) is 0 Å². The van der Waals surface area contributed by atoms with E-state index in [0.717, 1.165) is 11.1 Å². The zero-order valence-electron chi connectivity index (χ0n) is 16.3. The molecule has 4 nitrogen and oxygen atoms in total. The topological polar surface area (TPSA) is 46.9 Å². The summed E-state index contributed by atoms with van der Waals surface area (Å²) in [6.07, 6.45) is 1.89. The van der Waals surface area contributed by atoms with Gasteiger partial charge < -0.3 is 5.32 Å². The molecular weight excluding hydrogens is 358 g/mol. The third-order valence-electron chi connectivity index (χ3n) is 5.01. The van der Waals surface area contributed by atoms with Crippen LogP contribution >= 0.6 is 0 Å². The van der Waals surface area contributed by atoms with E-state index in [2.05, 4.69) is 29.5 Å². The molecule has 4 heteroatoms. The lowest BCUT2D eigenvalue weighted by Gasteiger charge is -2.17. The summed E-state index contributed by atoms with van der Waals surface area (Å²) in [6.45, 7) is 2.76. The summed E-state index contributed by atoms with van der Waals surface area (Å²) in [7, 11) is 0. The second-order valence-electron chi connectivity index (χ2n) is 7.07. The SMILES string of the molecule is Cc1ccccc1Cn1ccc(NC(=O)C(c2ccccc2)c2ccccc2)n1. The van der Waals surface area contributed by atoms with E-state index in [-0.39, 0.29) is 11.8 Å². The van der Waals surface area contributed by atoms with Crippen LogP contribution in [0, 0.1) is 6.92 Å². The number of aromatic nitrogens is 2. The maximum Gasteiger partial charge on any atom is 0.237 e. The van der Waals surface area contributed by atoms with Crippen LogP contribution in [-0.4, -0.2) is 15.7 Å². The van der Waals surface area contributed by atoms with Crippen LogP contribution in [0.1, 0.15) is 28.2 Å². The Kier molecular flexibility index (Phi) is 5.52. The molecule has 0 radical (unpaired) electrons. The van der Waals surface area contributed by atoms with Crippen molar-refractivity contribution in [1.82, 2.24) is 9.78 Å². The Morgan fingerprint density at radius 2 is 1.45 bits per heavy atom. The number of anilines is 1. The number of hydrogen-bond acceptors (Lipinski definition) is 2. The van der Waals surface area contributed by atoms with Crippen LogP contribution < -0.4 is 5.32 Å². The summed E-state index contributed by atoms with van der Waals surface area (Å²) in [4.78, 5) is 13.2. The third-order valence-corrected chi connectivity index (χ3v) is 5.01. The average molecular weight is 381 g/mol. The minimum atomic E-state index is -0.390. The standard InChI is InChI=1S/C25H23N3O/c1-19-10-8-9-15-22(19)18-28-17-16-23(27-28)26-25(29)24(20-11-4-2-5-12-20)21-13-6-3-7-14-21/h2-17,24H,18H2,1H3,(H,26,27,29). The molecule has 0 aliphatic carbocycles. The summed E-state index contributed by atoms with van der Waals surface area (Å²) in [5.74, 6) is 0.0721. The molecule has 4 rings (SSSR count). The minimum Gasteiger partial charge on any atom is -0.308 e. The Labute approximate surface area is 170 Å². The molecule has 1 heterocycles. The summed E-state index contributed by atoms with van der Waals surface area (Å²) < 4.78 is 1.85. The predicted molar refractivity (Wildman–Crippen MR) is 116 cm³/mol. The van der Waals surface area contributed by atoms with E-state index in [1.54, 1.807) is 0 Å². The van der Waals surface area contributed by atoms with Crippen molar-refractivity contribution in [3.63, 3.8) is 0 Å². The lowest BCUT2D eigenvalue weighted by atomic mass is 9.90. The van der Waals surface area contributed by atoms with Gasteiger partial charge in [-0.25, -0.2) is 0 Å². The van der Waals surface area contributed by atoms with Crippen molar-refractivity contribution in [2.45, 2.75) is 19.4 Å². The molecule has 4 aromatic rings. The Morgan fingerprint density at radius 1 is 0.862 bits per heavy atom. The van der Waals surface area contributed by atoms with Crippen LogP contribution in [0.25, 0.3) is 0 Å². The Bertz CT molecular complexity index is 1050. The molecule has 1 amide bonds. The lowest BCUT2D eigenvalue weighted by Crippen LogP contribution is -2.22. The van der Waals surface area contributed by atoms with Crippen molar-refractivity contribution < 1.29 is 4.79 Å². The second-order valence-corrected chi connectivity index (χ2v) is 7.07. The molecule has 144 valence electrons. The first-order chi connectivity index (χ1) is 14.2. The Morgan fingerprint density at radius 3 is 2.07 bits per heavy atom. The van der Waals surface area contributed by atoms with Crippen molar-refractivity contribution in [1.29, 1.82) is 0 Å². The van der Waals surface area contributed by atoms with Crippen LogP contribution in [0.5, 0.6) is 0 Å². The minimum absolute atomic E-state index is 0.0939. The molecule has 0 aliphatic heterocycles. The summed E-state index contributed by atoms with van der Waals surface area (Å²) in [5, 5.41) is 7.53. The van der Waals surface area contributed by atoms with Gasteiger partial charge in [0.2, 0.25) is 5.91 Å². The van der Waals surface area contributed by atoms with E-state index < -0.39 is 0 Å². The number of hydrogen-bond donors (Lipinski definition) is 1. The number of nitrogens with zero attached hydrogens (tertiary/aromatic N) is 2. The van der Waals surface area contributed by atoms with Crippen LogP contribution in [0.2, 0.25) is 0 Å². The van der Waals surface area contributed by atoms with Gasteiger partial charge in [0.1, 0.15) is 0 Å². The van der Waals surface area contributed by atoms with Gasteiger partial charge in [-0.1, -0.05) is 84.9 Å². The largest absolute Gasteiger partial charge is 0.308 e. The Balaban J connectivity index is 1.54. The molecule has 0 saturated carbocycles. The van der Waals surface area contributed by atoms with E-state index in [1.165, 1.54) is 11.1 Å². The fourth-order valence-corrected chi connectivity index (χ4v) is 3.46. The number of rotatable bonds is 6. The molecule has 0 saturated heterocycles. The number of nitrogens with one attached hydrogen (secondary N) is 1. The quantitative estimate of drug-likeness (QED) is 0.510. The highest BCUT2D eigenvalue weighted by molar-refractivity contribution is 5.97. The molecule has 1 N–H and O–H groups in total. The van der Waals surface area contributed by atoms with Gasteiger partial charge in [0.05, 0.1) is 12.5 Å². The fourth-order valence-electron chi connectivity index (χ4n) is 3.46. The molecule has 0 atom stereocenters. The predicted octanol–water partition coefficient (Wildman–Crippen LogP) is 5.01. The number of amides is 1. The number of carbonyl (C=O) groups excluding carboxylic acids is 1. The van der Waals surface area contributed by atoms with Crippen LogP contribution in [-0.2, 0) is 11.3 Å². The van der Waals surface area contributed by atoms with Gasteiger partial charge in [0.25, 0.3) is 0 Å². The molecule has 3 aromatic carbocycles. The number of benzene rings is 3. The van der Waals surface area contributed by atoms with Crippen molar-refractivity contribution in [2.75, 3.05) is 5.32 Å². The normalized spacial score (nSPS) is 10.8. The van der Waals surface area contributed by atoms with Gasteiger partial charge in [-0.2, -0.15) is 5.10 Å². The summed E-state index contributed by atoms with van der Waals surface area (Å²) in [6, 6.07) is 29.7. The monoisotopic (exact) mass is 381 g/mol. The molecular formula is C25H23N3O. The second kappa shape index (κ2) is 8.57. The zero-order valence-corrected chi connectivity index (χ0v) is 16.3. The van der Waals surface area contributed by atoms with E-state index in [1.807, 2.05) is 89.7 Å². The third kappa shape index (κ3) is 4.43. The van der Waals surface area contributed by atoms with Crippen molar-refractivity contribution >= 4 is 11.7 Å². The van der Waals surface area contributed by atoms with E-state index >= 15 is 0 Å². The van der Waals surface area contributed by atoms with E-state index in [9.17, 15) is 4.79 Å². The first kappa shape index (κ1) is 18.7. The number of aryl methyl sites for hydroxylation is 1. The molecule has 0 bridgehead atoms. The maximum atomic E-state index is 13.2. The van der Waals surface area contributed by atoms with Crippen LogP contribution in [0.3, 0.4) is 0 Å². The van der Waals surface area contributed by atoms with Gasteiger partial charge in [0, 0.05) is 12.3 Å². The first-order valence-electron chi connectivity index (χ1n) is 9.69. The summed E-state index contributed by atoms with van der Waals surface area (Å²) in [5.41, 5.74) is 4.34. The molecule has 0 unspecified atom stereocenters. The van der Waals surface area contributed by atoms with Crippen molar-refractivity contribution in [3.05, 3.63) is 119 Å². The summed E-state index contributed by atoms with van der Waals surface area (Å²) >= 11 is 0. The molecule has 0 aliphatic rings. The van der Waals surface area contributed by atoms with Gasteiger partial charge in [-0.3, -0.25) is 9.48 Å². The fraction of sp³-hybridized carbons (Fsp3) is 0.120. The highest BCUT2D eigenvalue weighted by atomic mass is 16.2. The maximum absolute atomic E-state index is 13.2. The molecule has 1 aromatic heterocycles. The highest BCUT2D eigenvalue weighted by Crippen LogP contribution is 2.26. The van der Waals surface area contributed by atoms with Crippen LogP contribution in [0.15, 0.2) is 97.2 Å². The number of carbonyl (C=O) groups is 1. The zero-order chi connectivity index (χ0) is 20.1. The van der Waals surface area contributed by atoms with Gasteiger partial charge >= 0.3 is 0 Å². The van der Waals surface area contributed by atoms with E-state index in [4.69, 9.17) is 0 Å². The molecule has 0 spiro atoms. The Hall–Kier alpha value is -3.66. The smallest absolute Gasteiger partial charge is 0.237 e. The average Bonchev–Trinajstić information content (AvgIpc) is 3.18. The van der Waals surface area contributed by atoms with Gasteiger partial charge in [-0.05, 0) is 29.2 Å². The van der Waals surface area contributed by atoms with Crippen LogP contribution in [0.4, 0.5) is 5.82 Å². The highest BCUT2D eigenvalue weighted by Gasteiger charge is 2.23. The van der Waals surface area contributed by atoms with Crippen molar-refractivity contribution in [2.24, 2.45) is 0 Å². The van der Waals surface area contributed by atoms with Gasteiger partial charge in [0.15, 0.2) is 5.82 Å². The lowest BCUT2D eigenvalue weighted by molar-refractivity contribution is -0.116. The van der Waals surface area contributed by atoms with E-state index in [0.29, 0.717) is 12.4 Å².